The molecule has 0 radical (unpaired) electrons. The summed E-state index contributed by atoms with van der Waals surface area (Å²) in [5.74, 6) is 0.327. The van der Waals surface area contributed by atoms with E-state index >= 15 is 0 Å². The second kappa shape index (κ2) is 4.96. The van der Waals surface area contributed by atoms with Crippen LogP contribution < -0.4 is 5.32 Å². The Kier molecular flexibility index (Phi) is 3.80. The van der Waals surface area contributed by atoms with Gasteiger partial charge in [0.2, 0.25) is 5.91 Å². The molecule has 2 aliphatic rings. The molecule has 0 aromatic rings. The Morgan fingerprint density at radius 1 is 1.38 bits per heavy atom. The fourth-order valence-electron chi connectivity index (χ4n) is 2.78. The highest BCUT2D eigenvalue weighted by Crippen LogP contribution is 2.37. The predicted octanol–water partition coefficient (Wildman–Crippen LogP) is 1.34. The normalized spacial score (nSPS) is 26.0. The van der Waals surface area contributed by atoms with Gasteiger partial charge in [0.05, 0.1) is 5.25 Å². The number of hydrogen-bond donors (Lipinski definition) is 1. The Labute approximate surface area is 102 Å². The SMILES string of the molecule is CSC(C)C(=O)N1CCC2(CCNC2)CC1. The van der Waals surface area contributed by atoms with Gasteiger partial charge >= 0.3 is 0 Å². The average molecular weight is 242 g/mol. The van der Waals surface area contributed by atoms with Crippen LogP contribution in [-0.2, 0) is 4.79 Å². The summed E-state index contributed by atoms with van der Waals surface area (Å²) >= 11 is 1.65. The lowest BCUT2D eigenvalue weighted by molar-refractivity contribution is -0.132. The number of thioether (sulfide) groups is 1. The van der Waals surface area contributed by atoms with Crippen LogP contribution in [0.25, 0.3) is 0 Å². The summed E-state index contributed by atoms with van der Waals surface area (Å²) in [6.45, 7) is 6.26. The highest BCUT2D eigenvalue weighted by Gasteiger charge is 2.38. The van der Waals surface area contributed by atoms with Gasteiger partial charge in [0, 0.05) is 19.6 Å². The summed E-state index contributed by atoms with van der Waals surface area (Å²) in [7, 11) is 0. The van der Waals surface area contributed by atoms with Crippen LogP contribution in [0.1, 0.15) is 26.2 Å². The van der Waals surface area contributed by atoms with E-state index in [0.29, 0.717) is 11.3 Å². The number of amides is 1. The standard InChI is InChI=1S/C12H22N2OS/c1-10(16-2)11(15)14-7-4-12(5-8-14)3-6-13-9-12/h10,13H,3-9H2,1-2H3. The van der Waals surface area contributed by atoms with E-state index in [4.69, 9.17) is 0 Å². The average Bonchev–Trinajstić information content (AvgIpc) is 2.77. The molecular formula is C12H22N2OS. The summed E-state index contributed by atoms with van der Waals surface area (Å²) in [6, 6.07) is 0. The van der Waals surface area contributed by atoms with E-state index in [2.05, 4.69) is 10.2 Å². The third kappa shape index (κ3) is 2.38. The zero-order chi connectivity index (χ0) is 11.6. The first-order valence-electron chi connectivity index (χ1n) is 6.19. The molecule has 92 valence electrons. The van der Waals surface area contributed by atoms with Gasteiger partial charge in [-0.2, -0.15) is 11.8 Å². The largest absolute Gasteiger partial charge is 0.342 e. The van der Waals surface area contributed by atoms with E-state index in [1.807, 2.05) is 13.2 Å². The second-order valence-electron chi connectivity index (χ2n) is 5.13. The van der Waals surface area contributed by atoms with Crippen LogP contribution in [0, 0.1) is 5.41 Å². The Hall–Kier alpha value is -0.220. The zero-order valence-electron chi connectivity index (χ0n) is 10.3. The Balaban J connectivity index is 1.87. The molecule has 2 heterocycles. The number of likely N-dealkylation sites (tertiary alicyclic amines) is 1. The molecule has 0 aromatic carbocycles. The maximum absolute atomic E-state index is 12.0. The van der Waals surface area contributed by atoms with Crippen LogP contribution >= 0.6 is 11.8 Å². The minimum atomic E-state index is 0.121. The molecule has 2 saturated heterocycles. The monoisotopic (exact) mass is 242 g/mol. The van der Waals surface area contributed by atoms with Gasteiger partial charge in [0.1, 0.15) is 0 Å². The number of hydrogen-bond acceptors (Lipinski definition) is 3. The topological polar surface area (TPSA) is 32.3 Å². The minimum absolute atomic E-state index is 0.121. The maximum atomic E-state index is 12.0. The van der Waals surface area contributed by atoms with Crippen molar-refractivity contribution in [2.75, 3.05) is 32.4 Å². The first-order valence-corrected chi connectivity index (χ1v) is 7.48. The quantitative estimate of drug-likeness (QED) is 0.793. The summed E-state index contributed by atoms with van der Waals surface area (Å²) in [5, 5.41) is 3.57. The molecule has 0 saturated carbocycles. The minimum Gasteiger partial charge on any atom is -0.342 e. The maximum Gasteiger partial charge on any atom is 0.235 e. The number of rotatable bonds is 2. The van der Waals surface area contributed by atoms with Crippen molar-refractivity contribution in [3.05, 3.63) is 0 Å². The Bertz CT molecular complexity index is 254. The molecule has 1 N–H and O–H groups in total. The summed E-state index contributed by atoms with van der Waals surface area (Å²) in [5.41, 5.74) is 0.513. The molecule has 1 spiro atoms. The number of nitrogens with zero attached hydrogens (tertiary/aromatic N) is 1. The fourth-order valence-corrected chi connectivity index (χ4v) is 3.13. The molecule has 0 aliphatic carbocycles. The second-order valence-corrected chi connectivity index (χ2v) is 6.31. The van der Waals surface area contributed by atoms with Crippen molar-refractivity contribution in [2.45, 2.75) is 31.4 Å². The molecule has 3 nitrogen and oxygen atoms in total. The van der Waals surface area contributed by atoms with Crippen LogP contribution in [0.3, 0.4) is 0 Å². The molecule has 0 bridgehead atoms. The predicted molar refractivity (Wildman–Crippen MR) is 68.7 cm³/mol. The van der Waals surface area contributed by atoms with Crippen LogP contribution in [-0.4, -0.2) is 48.5 Å². The van der Waals surface area contributed by atoms with Crippen molar-refractivity contribution in [1.82, 2.24) is 10.2 Å². The van der Waals surface area contributed by atoms with Crippen LogP contribution in [0.5, 0.6) is 0 Å². The van der Waals surface area contributed by atoms with E-state index in [9.17, 15) is 4.79 Å². The van der Waals surface area contributed by atoms with Crippen molar-refractivity contribution in [3.8, 4) is 0 Å². The van der Waals surface area contributed by atoms with E-state index in [0.717, 1.165) is 26.2 Å². The third-order valence-electron chi connectivity index (χ3n) is 4.17. The Morgan fingerprint density at radius 3 is 2.56 bits per heavy atom. The summed E-state index contributed by atoms with van der Waals surface area (Å²) in [4.78, 5) is 14.1. The zero-order valence-corrected chi connectivity index (χ0v) is 11.1. The summed E-state index contributed by atoms with van der Waals surface area (Å²) in [6.07, 6.45) is 5.68. The van der Waals surface area contributed by atoms with Gasteiger partial charge in [-0.05, 0) is 44.4 Å². The molecule has 2 aliphatic heterocycles. The van der Waals surface area contributed by atoms with Gasteiger partial charge in [-0.15, -0.1) is 0 Å². The van der Waals surface area contributed by atoms with Gasteiger partial charge in [-0.3, -0.25) is 4.79 Å². The van der Waals surface area contributed by atoms with E-state index in [1.165, 1.54) is 19.3 Å². The smallest absolute Gasteiger partial charge is 0.235 e. The molecule has 1 amide bonds. The first kappa shape index (κ1) is 12.2. The molecule has 4 heteroatoms. The van der Waals surface area contributed by atoms with Crippen molar-refractivity contribution >= 4 is 17.7 Å². The number of piperidine rings is 1. The lowest BCUT2D eigenvalue weighted by Crippen LogP contribution is -2.46. The number of nitrogens with one attached hydrogen (secondary N) is 1. The van der Waals surface area contributed by atoms with Crippen LogP contribution in [0.15, 0.2) is 0 Å². The van der Waals surface area contributed by atoms with Gasteiger partial charge in [0.25, 0.3) is 0 Å². The van der Waals surface area contributed by atoms with Gasteiger partial charge in [-0.1, -0.05) is 0 Å². The molecular weight excluding hydrogens is 220 g/mol. The van der Waals surface area contributed by atoms with Crippen molar-refractivity contribution in [2.24, 2.45) is 5.41 Å². The highest BCUT2D eigenvalue weighted by atomic mass is 32.2. The fraction of sp³-hybridized carbons (Fsp3) is 0.917. The van der Waals surface area contributed by atoms with Crippen molar-refractivity contribution in [3.63, 3.8) is 0 Å². The van der Waals surface area contributed by atoms with Crippen LogP contribution in [0.2, 0.25) is 0 Å². The third-order valence-corrected chi connectivity index (χ3v) is 5.08. The lowest BCUT2D eigenvalue weighted by atomic mass is 9.78. The van der Waals surface area contributed by atoms with E-state index in [-0.39, 0.29) is 5.25 Å². The van der Waals surface area contributed by atoms with Crippen molar-refractivity contribution in [1.29, 1.82) is 0 Å². The van der Waals surface area contributed by atoms with Crippen LogP contribution in [0.4, 0.5) is 0 Å². The van der Waals surface area contributed by atoms with Gasteiger partial charge in [0.15, 0.2) is 0 Å². The number of carbonyl (C=O) groups is 1. The molecule has 0 aromatic heterocycles. The van der Waals surface area contributed by atoms with Gasteiger partial charge < -0.3 is 10.2 Å². The lowest BCUT2D eigenvalue weighted by Gasteiger charge is -2.39. The highest BCUT2D eigenvalue weighted by molar-refractivity contribution is 7.99. The molecule has 16 heavy (non-hydrogen) atoms. The van der Waals surface area contributed by atoms with E-state index < -0.39 is 0 Å². The molecule has 2 fully saturated rings. The summed E-state index contributed by atoms with van der Waals surface area (Å²) < 4.78 is 0. The van der Waals surface area contributed by atoms with Crippen molar-refractivity contribution < 1.29 is 4.79 Å². The molecule has 1 unspecified atom stereocenters. The molecule has 2 rings (SSSR count). The number of carbonyl (C=O) groups excluding carboxylic acids is 1. The molecule has 1 atom stereocenters. The van der Waals surface area contributed by atoms with E-state index in [1.54, 1.807) is 11.8 Å². The first-order chi connectivity index (χ1) is 7.67. The Morgan fingerprint density at radius 2 is 2.06 bits per heavy atom. The van der Waals surface area contributed by atoms with Gasteiger partial charge in [-0.25, -0.2) is 0 Å².